The largest absolute Gasteiger partial charge is 0.354 e. The molecule has 1 aromatic carbocycles. The van der Waals surface area contributed by atoms with Gasteiger partial charge in [0.2, 0.25) is 11.8 Å². The van der Waals surface area contributed by atoms with E-state index in [1.807, 2.05) is 25.1 Å². The first-order chi connectivity index (χ1) is 9.56. The van der Waals surface area contributed by atoms with Gasteiger partial charge in [-0.15, -0.1) is 0 Å². The second-order valence-corrected chi connectivity index (χ2v) is 5.21. The number of nitrogens with one attached hydrogen (secondary N) is 1. The van der Waals surface area contributed by atoms with Crippen molar-refractivity contribution in [2.24, 2.45) is 0 Å². The second kappa shape index (κ2) is 6.57. The van der Waals surface area contributed by atoms with Crippen LogP contribution in [0.3, 0.4) is 0 Å². The number of rotatable bonds is 2. The van der Waals surface area contributed by atoms with Gasteiger partial charge in [0.05, 0.1) is 6.54 Å². The zero-order valence-corrected chi connectivity index (χ0v) is 12.1. The van der Waals surface area contributed by atoms with Crippen molar-refractivity contribution in [3.8, 4) is 0 Å². The summed E-state index contributed by atoms with van der Waals surface area (Å²) in [6, 6.07) is 5.63. The quantitative estimate of drug-likeness (QED) is 0.848. The van der Waals surface area contributed by atoms with E-state index in [4.69, 9.17) is 11.6 Å². The predicted molar refractivity (Wildman–Crippen MR) is 79.4 cm³/mol. The third-order valence-corrected chi connectivity index (χ3v) is 3.59. The lowest BCUT2D eigenvalue weighted by atomic mass is 10.1. The molecule has 2 rings (SSSR count). The van der Waals surface area contributed by atoms with Crippen LogP contribution in [0.4, 0.5) is 0 Å². The molecule has 1 fully saturated rings. The van der Waals surface area contributed by atoms with Crippen molar-refractivity contribution in [2.75, 3.05) is 19.6 Å². The standard InChI is InChI=1S/C15H17ClN2O2/c1-11-3-4-12(9-13(11)16)5-6-15(20)18-8-2-7-17-14(19)10-18/h3-6,9H,2,7-8,10H2,1H3,(H,17,19). The minimum absolute atomic E-state index is 0.109. The number of aryl methyl sites for hydroxylation is 1. The Morgan fingerprint density at radius 3 is 3.00 bits per heavy atom. The van der Waals surface area contributed by atoms with E-state index in [-0.39, 0.29) is 18.4 Å². The normalized spacial score (nSPS) is 16.1. The molecule has 0 bridgehead atoms. The van der Waals surface area contributed by atoms with E-state index in [0.29, 0.717) is 18.1 Å². The van der Waals surface area contributed by atoms with Crippen molar-refractivity contribution < 1.29 is 9.59 Å². The number of hydrogen-bond donors (Lipinski definition) is 1. The van der Waals surface area contributed by atoms with Crippen LogP contribution in [-0.2, 0) is 9.59 Å². The molecular formula is C15H17ClN2O2. The summed E-state index contributed by atoms with van der Waals surface area (Å²) in [5, 5.41) is 3.42. The van der Waals surface area contributed by atoms with Gasteiger partial charge in [-0.3, -0.25) is 9.59 Å². The highest BCUT2D eigenvalue weighted by atomic mass is 35.5. The number of benzene rings is 1. The van der Waals surface area contributed by atoms with E-state index in [0.717, 1.165) is 17.5 Å². The molecule has 2 amide bonds. The van der Waals surface area contributed by atoms with Gasteiger partial charge in [0.15, 0.2) is 0 Å². The molecule has 20 heavy (non-hydrogen) atoms. The first-order valence-electron chi connectivity index (χ1n) is 6.56. The van der Waals surface area contributed by atoms with Crippen molar-refractivity contribution in [3.63, 3.8) is 0 Å². The summed E-state index contributed by atoms with van der Waals surface area (Å²) >= 11 is 6.04. The Labute approximate surface area is 123 Å². The Morgan fingerprint density at radius 2 is 2.25 bits per heavy atom. The first kappa shape index (κ1) is 14.6. The molecule has 0 atom stereocenters. The lowest BCUT2D eigenvalue weighted by Crippen LogP contribution is -2.36. The summed E-state index contributed by atoms with van der Waals surface area (Å²) < 4.78 is 0. The van der Waals surface area contributed by atoms with Crippen LogP contribution in [0.5, 0.6) is 0 Å². The van der Waals surface area contributed by atoms with Crippen molar-refractivity contribution in [2.45, 2.75) is 13.3 Å². The summed E-state index contributed by atoms with van der Waals surface area (Å²) in [6.45, 7) is 3.27. The monoisotopic (exact) mass is 292 g/mol. The molecule has 106 valence electrons. The van der Waals surface area contributed by atoms with Gasteiger partial charge in [0, 0.05) is 24.2 Å². The molecule has 0 aliphatic carbocycles. The van der Waals surface area contributed by atoms with Crippen LogP contribution in [0.2, 0.25) is 5.02 Å². The minimum Gasteiger partial charge on any atom is -0.354 e. The van der Waals surface area contributed by atoms with Crippen LogP contribution in [0.25, 0.3) is 6.08 Å². The molecule has 5 heteroatoms. The Balaban J connectivity index is 2.04. The number of nitrogens with zero attached hydrogens (tertiary/aromatic N) is 1. The van der Waals surface area contributed by atoms with Crippen LogP contribution in [0.1, 0.15) is 17.5 Å². The Morgan fingerprint density at radius 1 is 1.45 bits per heavy atom. The van der Waals surface area contributed by atoms with Crippen LogP contribution >= 0.6 is 11.6 Å². The number of amides is 2. The van der Waals surface area contributed by atoms with Crippen LogP contribution in [0.15, 0.2) is 24.3 Å². The molecule has 1 aliphatic rings. The topological polar surface area (TPSA) is 49.4 Å². The number of carbonyl (C=O) groups excluding carboxylic acids is 2. The van der Waals surface area contributed by atoms with Gasteiger partial charge < -0.3 is 10.2 Å². The van der Waals surface area contributed by atoms with Crippen molar-refractivity contribution in [1.29, 1.82) is 0 Å². The van der Waals surface area contributed by atoms with E-state index in [2.05, 4.69) is 5.32 Å². The van der Waals surface area contributed by atoms with Crippen molar-refractivity contribution >= 4 is 29.5 Å². The Kier molecular flexibility index (Phi) is 4.79. The lowest BCUT2D eigenvalue weighted by Gasteiger charge is -2.16. The SMILES string of the molecule is Cc1ccc(C=CC(=O)N2CCCNC(=O)C2)cc1Cl. The fourth-order valence-electron chi connectivity index (χ4n) is 1.98. The predicted octanol–water partition coefficient (Wildman–Crippen LogP) is 2.01. The zero-order valence-electron chi connectivity index (χ0n) is 11.4. The fourth-order valence-corrected chi connectivity index (χ4v) is 2.17. The average molecular weight is 293 g/mol. The summed E-state index contributed by atoms with van der Waals surface area (Å²) in [5.41, 5.74) is 1.87. The van der Waals surface area contributed by atoms with Gasteiger partial charge in [0.25, 0.3) is 0 Å². The highest BCUT2D eigenvalue weighted by Crippen LogP contribution is 2.17. The molecule has 1 heterocycles. The van der Waals surface area contributed by atoms with E-state index in [1.54, 1.807) is 11.0 Å². The number of hydrogen-bond acceptors (Lipinski definition) is 2. The first-order valence-corrected chi connectivity index (χ1v) is 6.94. The highest BCUT2D eigenvalue weighted by Gasteiger charge is 2.17. The Bertz CT molecular complexity index is 555. The van der Waals surface area contributed by atoms with Gasteiger partial charge in [0.1, 0.15) is 0 Å². The highest BCUT2D eigenvalue weighted by molar-refractivity contribution is 6.31. The van der Waals surface area contributed by atoms with Gasteiger partial charge >= 0.3 is 0 Å². The molecule has 0 spiro atoms. The minimum atomic E-state index is -0.154. The van der Waals surface area contributed by atoms with Gasteiger partial charge in [-0.1, -0.05) is 23.7 Å². The molecule has 1 saturated heterocycles. The summed E-state index contributed by atoms with van der Waals surface area (Å²) in [6.07, 6.45) is 3.98. The zero-order chi connectivity index (χ0) is 14.5. The van der Waals surface area contributed by atoms with Crippen LogP contribution in [0, 0.1) is 6.92 Å². The second-order valence-electron chi connectivity index (χ2n) is 4.81. The summed E-state index contributed by atoms with van der Waals surface area (Å²) in [7, 11) is 0. The fraction of sp³-hybridized carbons (Fsp3) is 0.333. The lowest BCUT2D eigenvalue weighted by molar-refractivity contribution is -0.131. The maximum absolute atomic E-state index is 12.0. The van der Waals surface area contributed by atoms with E-state index in [9.17, 15) is 9.59 Å². The van der Waals surface area contributed by atoms with Crippen molar-refractivity contribution in [1.82, 2.24) is 10.2 Å². The Hall–Kier alpha value is -1.81. The molecular weight excluding hydrogens is 276 g/mol. The number of halogens is 1. The average Bonchev–Trinajstić information content (AvgIpc) is 2.64. The number of carbonyl (C=O) groups is 2. The van der Waals surface area contributed by atoms with Gasteiger partial charge in [-0.05, 0) is 36.6 Å². The van der Waals surface area contributed by atoms with Crippen LogP contribution in [-0.4, -0.2) is 36.3 Å². The maximum Gasteiger partial charge on any atom is 0.247 e. The van der Waals surface area contributed by atoms with E-state index < -0.39 is 0 Å². The third kappa shape index (κ3) is 3.84. The summed E-state index contributed by atoms with van der Waals surface area (Å²) in [5.74, 6) is -0.263. The molecule has 0 saturated carbocycles. The molecule has 1 aromatic rings. The molecule has 4 nitrogen and oxygen atoms in total. The van der Waals surface area contributed by atoms with E-state index >= 15 is 0 Å². The molecule has 0 radical (unpaired) electrons. The molecule has 1 aliphatic heterocycles. The van der Waals surface area contributed by atoms with Crippen molar-refractivity contribution in [3.05, 3.63) is 40.4 Å². The molecule has 1 N–H and O–H groups in total. The third-order valence-electron chi connectivity index (χ3n) is 3.19. The van der Waals surface area contributed by atoms with Crippen LogP contribution < -0.4 is 5.32 Å². The van der Waals surface area contributed by atoms with Gasteiger partial charge in [-0.2, -0.15) is 0 Å². The molecule has 0 aromatic heterocycles. The van der Waals surface area contributed by atoms with Gasteiger partial charge in [-0.25, -0.2) is 0 Å². The molecule has 0 unspecified atom stereocenters. The maximum atomic E-state index is 12.0. The van der Waals surface area contributed by atoms with E-state index in [1.165, 1.54) is 6.08 Å². The summed E-state index contributed by atoms with van der Waals surface area (Å²) in [4.78, 5) is 25.0. The smallest absolute Gasteiger partial charge is 0.247 e.